The summed E-state index contributed by atoms with van der Waals surface area (Å²) in [5.74, 6) is -1.04. The van der Waals surface area contributed by atoms with E-state index in [-0.39, 0.29) is 11.1 Å². The number of rotatable bonds is 4. The predicted molar refractivity (Wildman–Crippen MR) is 88.9 cm³/mol. The first kappa shape index (κ1) is 15.8. The molecule has 0 unspecified atom stereocenters. The second-order valence-corrected chi connectivity index (χ2v) is 5.60. The van der Waals surface area contributed by atoms with Gasteiger partial charge in [0.1, 0.15) is 5.69 Å². The molecule has 0 aliphatic carbocycles. The van der Waals surface area contributed by atoms with Gasteiger partial charge in [0.25, 0.3) is 5.91 Å². The number of benzene rings is 1. The van der Waals surface area contributed by atoms with E-state index in [1.165, 1.54) is 24.5 Å². The Morgan fingerprint density at radius 2 is 1.79 bits per heavy atom. The van der Waals surface area contributed by atoms with Crippen LogP contribution in [0.1, 0.15) is 20.7 Å². The van der Waals surface area contributed by atoms with Crippen molar-refractivity contribution in [3.05, 3.63) is 59.8 Å². The number of methoxy groups -OCH3 is 1. The minimum absolute atomic E-state index is 0.187. The molecule has 1 amide bonds. The van der Waals surface area contributed by atoms with Gasteiger partial charge in [-0.2, -0.15) is 0 Å². The van der Waals surface area contributed by atoms with Gasteiger partial charge in [0.2, 0.25) is 5.13 Å². The van der Waals surface area contributed by atoms with Crippen LogP contribution in [0.25, 0.3) is 10.7 Å². The molecule has 2 heterocycles. The topological polar surface area (TPSA) is 94.1 Å². The van der Waals surface area contributed by atoms with Gasteiger partial charge in [-0.05, 0) is 24.3 Å². The lowest BCUT2D eigenvalue weighted by molar-refractivity contribution is 0.0597. The summed E-state index contributed by atoms with van der Waals surface area (Å²) in [6.45, 7) is 0. The van der Waals surface area contributed by atoms with Gasteiger partial charge in [-0.25, -0.2) is 4.79 Å². The van der Waals surface area contributed by atoms with E-state index in [0.29, 0.717) is 15.8 Å². The summed E-state index contributed by atoms with van der Waals surface area (Å²) in [5.41, 5.74) is 1.07. The molecule has 0 saturated carbocycles. The molecule has 2 aromatic heterocycles. The van der Waals surface area contributed by atoms with Crippen LogP contribution in [-0.4, -0.2) is 34.2 Å². The number of pyridine rings is 1. The summed E-state index contributed by atoms with van der Waals surface area (Å²) >= 11 is 1.20. The molecule has 3 rings (SSSR count). The molecule has 3 aromatic rings. The third-order valence-electron chi connectivity index (χ3n) is 3.11. The second kappa shape index (κ2) is 6.97. The molecule has 8 heteroatoms. The van der Waals surface area contributed by atoms with Gasteiger partial charge in [0.15, 0.2) is 5.01 Å². The van der Waals surface area contributed by atoms with Gasteiger partial charge in [-0.3, -0.25) is 15.1 Å². The molecule has 0 spiro atoms. The molecule has 7 nitrogen and oxygen atoms in total. The maximum atomic E-state index is 12.4. The summed E-state index contributed by atoms with van der Waals surface area (Å²) in [4.78, 5) is 28.3. The zero-order valence-electron chi connectivity index (χ0n) is 12.6. The fraction of sp³-hybridized carbons (Fsp3) is 0.0625. The van der Waals surface area contributed by atoms with Crippen molar-refractivity contribution in [3.8, 4) is 10.7 Å². The number of nitrogens with one attached hydrogen (secondary N) is 1. The van der Waals surface area contributed by atoms with Crippen molar-refractivity contribution in [2.24, 2.45) is 0 Å². The highest BCUT2D eigenvalue weighted by molar-refractivity contribution is 7.18. The Labute approximate surface area is 141 Å². The lowest BCUT2D eigenvalue weighted by atomic mass is 10.1. The SMILES string of the molecule is COC(=O)c1ccccc1C(=O)Nc1nnc(-c2ccccn2)s1. The zero-order chi connectivity index (χ0) is 16.9. The Bertz CT molecular complexity index is 880. The van der Waals surface area contributed by atoms with Crippen molar-refractivity contribution < 1.29 is 14.3 Å². The van der Waals surface area contributed by atoms with E-state index in [0.717, 1.165) is 0 Å². The first-order chi connectivity index (χ1) is 11.7. The average molecular weight is 340 g/mol. The minimum atomic E-state index is -0.577. The lowest BCUT2D eigenvalue weighted by Crippen LogP contribution is -2.17. The summed E-state index contributed by atoms with van der Waals surface area (Å²) in [6, 6.07) is 11.8. The number of hydrogen-bond acceptors (Lipinski definition) is 7. The molecular formula is C16H12N4O3S. The molecular weight excluding hydrogens is 328 g/mol. The number of carbonyl (C=O) groups is 2. The van der Waals surface area contributed by atoms with Gasteiger partial charge in [-0.15, -0.1) is 10.2 Å². The molecule has 120 valence electrons. The van der Waals surface area contributed by atoms with Crippen molar-refractivity contribution in [1.82, 2.24) is 15.2 Å². The summed E-state index contributed by atoms with van der Waals surface area (Å²) in [6.07, 6.45) is 1.65. The van der Waals surface area contributed by atoms with Gasteiger partial charge >= 0.3 is 5.97 Å². The van der Waals surface area contributed by atoms with Crippen molar-refractivity contribution >= 4 is 28.3 Å². The largest absolute Gasteiger partial charge is 0.465 e. The van der Waals surface area contributed by atoms with E-state index in [4.69, 9.17) is 0 Å². The normalized spacial score (nSPS) is 10.2. The molecule has 0 bridgehead atoms. The molecule has 0 atom stereocenters. The highest BCUT2D eigenvalue weighted by atomic mass is 32.1. The number of carbonyl (C=O) groups excluding carboxylic acids is 2. The number of esters is 1. The van der Waals surface area contributed by atoms with Crippen LogP contribution in [0.3, 0.4) is 0 Å². The van der Waals surface area contributed by atoms with Crippen LogP contribution in [-0.2, 0) is 4.74 Å². The predicted octanol–water partition coefficient (Wildman–Crippen LogP) is 2.64. The van der Waals surface area contributed by atoms with E-state index in [9.17, 15) is 9.59 Å². The minimum Gasteiger partial charge on any atom is -0.465 e. The fourth-order valence-electron chi connectivity index (χ4n) is 2.00. The van der Waals surface area contributed by atoms with E-state index in [2.05, 4.69) is 25.2 Å². The molecule has 0 aliphatic heterocycles. The van der Waals surface area contributed by atoms with Crippen molar-refractivity contribution in [2.75, 3.05) is 12.4 Å². The average Bonchev–Trinajstić information content (AvgIpc) is 3.10. The Hall–Kier alpha value is -3.13. The Morgan fingerprint density at radius 1 is 1.04 bits per heavy atom. The van der Waals surface area contributed by atoms with Crippen LogP contribution in [0.2, 0.25) is 0 Å². The number of nitrogens with zero attached hydrogens (tertiary/aromatic N) is 3. The molecule has 0 fully saturated rings. The zero-order valence-corrected chi connectivity index (χ0v) is 13.4. The summed E-state index contributed by atoms with van der Waals surface area (Å²) < 4.78 is 4.69. The summed E-state index contributed by atoms with van der Waals surface area (Å²) in [5, 5.41) is 11.5. The van der Waals surface area contributed by atoms with Crippen LogP contribution in [0.4, 0.5) is 5.13 Å². The molecule has 0 aliphatic rings. The monoisotopic (exact) mass is 340 g/mol. The first-order valence-electron chi connectivity index (χ1n) is 6.92. The van der Waals surface area contributed by atoms with Crippen LogP contribution < -0.4 is 5.32 Å². The standard InChI is InChI=1S/C16H12N4O3S/c1-23-15(22)11-7-3-2-6-10(11)13(21)18-16-20-19-14(24-16)12-8-4-5-9-17-12/h2-9H,1H3,(H,18,20,21). The smallest absolute Gasteiger partial charge is 0.338 e. The number of hydrogen-bond donors (Lipinski definition) is 1. The van der Waals surface area contributed by atoms with Crippen molar-refractivity contribution in [3.63, 3.8) is 0 Å². The quantitative estimate of drug-likeness (QED) is 0.734. The van der Waals surface area contributed by atoms with Gasteiger partial charge in [0, 0.05) is 6.20 Å². The molecule has 1 N–H and O–H groups in total. The number of anilines is 1. The third-order valence-corrected chi connectivity index (χ3v) is 3.97. The highest BCUT2D eigenvalue weighted by Gasteiger charge is 2.18. The van der Waals surface area contributed by atoms with Crippen LogP contribution in [0.5, 0.6) is 0 Å². The van der Waals surface area contributed by atoms with Crippen molar-refractivity contribution in [2.45, 2.75) is 0 Å². The van der Waals surface area contributed by atoms with Gasteiger partial charge in [-0.1, -0.05) is 29.5 Å². The van der Waals surface area contributed by atoms with E-state index in [1.54, 1.807) is 36.5 Å². The Balaban J connectivity index is 1.82. The van der Waals surface area contributed by atoms with Gasteiger partial charge < -0.3 is 4.74 Å². The Morgan fingerprint density at radius 3 is 2.50 bits per heavy atom. The fourth-order valence-corrected chi connectivity index (χ4v) is 2.72. The van der Waals surface area contributed by atoms with E-state index in [1.807, 2.05) is 6.07 Å². The van der Waals surface area contributed by atoms with Gasteiger partial charge in [0.05, 0.1) is 18.2 Å². The molecule has 1 aromatic carbocycles. The Kier molecular flexibility index (Phi) is 4.57. The van der Waals surface area contributed by atoms with Crippen molar-refractivity contribution in [1.29, 1.82) is 0 Å². The van der Waals surface area contributed by atoms with Crippen LogP contribution >= 0.6 is 11.3 Å². The maximum Gasteiger partial charge on any atom is 0.338 e. The molecule has 0 radical (unpaired) electrons. The lowest BCUT2D eigenvalue weighted by Gasteiger charge is -2.06. The number of amides is 1. The highest BCUT2D eigenvalue weighted by Crippen LogP contribution is 2.25. The number of aromatic nitrogens is 3. The third kappa shape index (κ3) is 3.28. The molecule has 24 heavy (non-hydrogen) atoms. The van der Waals surface area contributed by atoms with Crippen LogP contribution in [0.15, 0.2) is 48.7 Å². The second-order valence-electron chi connectivity index (χ2n) is 4.62. The van der Waals surface area contributed by atoms with E-state index >= 15 is 0 Å². The number of ether oxygens (including phenoxy) is 1. The maximum absolute atomic E-state index is 12.4. The van der Waals surface area contributed by atoms with Crippen LogP contribution in [0, 0.1) is 0 Å². The molecule has 0 saturated heterocycles. The first-order valence-corrected chi connectivity index (χ1v) is 7.74. The summed E-state index contributed by atoms with van der Waals surface area (Å²) in [7, 11) is 1.26. The van der Waals surface area contributed by atoms with E-state index < -0.39 is 11.9 Å².